The molecule has 0 saturated carbocycles. The van der Waals surface area contributed by atoms with Crippen LogP contribution in [0, 0.1) is 11.7 Å². The van der Waals surface area contributed by atoms with Crippen LogP contribution in [0.3, 0.4) is 0 Å². The molecule has 0 saturated heterocycles. The monoisotopic (exact) mass is 290 g/mol. The standard InChI is InChI=1S/C17H23FN2O/c1-13(2)10-19-11-17-14(8-9-21-17)12-20(3)16-6-4-15(18)5-7-16/h4-9,13,19H,10-12H2,1-3H3. The number of benzene rings is 1. The Morgan fingerprint density at radius 1 is 1.19 bits per heavy atom. The zero-order chi connectivity index (χ0) is 15.2. The van der Waals surface area contributed by atoms with Gasteiger partial charge in [0.05, 0.1) is 12.8 Å². The second kappa shape index (κ2) is 7.27. The van der Waals surface area contributed by atoms with Gasteiger partial charge in [-0.3, -0.25) is 0 Å². The molecule has 0 fully saturated rings. The number of furan rings is 1. The van der Waals surface area contributed by atoms with Crippen molar-refractivity contribution in [2.24, 2.45) is 5.92 Å². The summed E-state index contributed by atoms with van der Waals surface area (Å²) >= 11 is 0. The number of nitrogens with one attached hydrogen (secondary N) is 1. The first kappa shape index (κ1) is 15.6. The van der Waals surface area contributed by atoms with E-state index in [1.54, 1.807) is 18.4 Å². The van der Waals surface area contributed by atoms with E-state index in [-0.39, 0.29) is 5.82 Å². The first-order valence-electron chi connectivity index (χ1n) is 7.29. The van der Waals surface area contributed by atoms with Crippen LogP contribution in [0.1, 0.15) is 25.2 Å². The molecule has 0 bridgehead atoms. The zero-order valence-electron chi connectivity index (χ0n) is 12.9. The van der Waals surface area contributed by atoms with E-state index in [2.05, 4.69) is 24.1 Å². The minimum Gasteiger partial charge on any atom is -0.468 e. The second-order valence-corrected chi connectivity index (χ2v) is 5.73. The van der Waals surface area contributed by atoms with Crippen LogP contribution >= 0.6 is 0 Å². The number of nitrogens with zero attached hydrogens (tertiary/aromatic N) is 1. The van der Waals surface area contributed by atoms with Crippen molar-refractivity contribution in [3.8, 4) is 0 Å². The molecule has 3 nitrogen and oxygen atoms in total. The SMILES string of the molecule is CC(C)CNCc1occc1CN(C)c1ccc(F)cc1. The van der Waals surface area contributed by atoms with E-state index in [1.165, 1.54) is 12.1 Å². The third-order valence-electron chi connectivity index (χ3n) is 3.35. The summed E-state index contributed by atoms with van der Waals surface area (Å²) in [5.41, 5.74) is 2.14. The van der Waals surface area contributed by atoms with Gasteiger partial charge in [-0.15, -0.1) is 0 Å². The third-order valence-corrected chi connectivity index (χ3v) is 3.35. The molecule has 1 heterocycles. The van der Waals surface area contributed by atoms with Crippen LogP contribution in [0.5, 0.6) is 0 Å². The van der Waals surface area contributed by atoms with E-state index < -0.39 is 0 Å². The number of anilines is 1. The molecule has 0 unspecified atom stereocenters. The van der Waals surface area contributed by atoms with Crippen molar-refractivity contribution in [2.45, 2.75) is 26.9 Å². The molecular weight excluding hydrogens is 267 g/mol. The topological polar surface area (TPSA) is 28.4 Å². The molecule has 1 N–H and O–H groups in total. The summed E-state index contributed by atoms with van der Waals surface area (Å²) in [6, 6.07) is 8.52. The fourth-order valence-corrected chi connectivity index (χ4v) is 2.18. The van der Waals surface area contributed by atoms with E-state index in [9.17, 15) is 4.39 Å². The van der Waals surface area contributed by atoms with E-state index in [0.717, 1.165) is 36.6 Å². The Hall–Kier alpha value is -1.81. The summed E-state index contributed by atoms with van der Waals surface area (Å²) < 4.78 is 18.5. The third kappa shape index (κ3) is 4.60. The predicted molar refractivity (Wildman–Crippen MR) is 83.8 cm³/mol. The van der Waals surface area contributed by atoms with Crippen LogP contribution in [0.2, 0.25) is 0 Å². The van der Waals surface area contributed by atoms with Crippen LogP contribution in [0.15, 0.2) is 41.0 Å². The first-order chi connectivity index (χ1) is 10.1. The van der Waals surface area contributed by atoms with Crippen LogP contribution in [-0.2, 0) is 13.1 Å². The van der Waals surface area contributed by atoms with Gasteiger partial charge < -0.3 is 14.6 Å². The van der Waals surface area contributed by atoms with Gasteiger partial charge in [0.2, 0.25) is 0 Å². The average molecular weight is 290 g/mol. The van der Waals surface area contributed by atoms with Gasteiger partial charge in [-0.1, -0.05) is 13.8 Å². The first-order valence-corrected chi connectivity index (χ1v) is 7.29. The summed E-state index contributed by atoms with van der Waals surface area (Å²) in [5, 5.41) is 3.39. The van der Waals surface area contributed by atoms with Gasteiger partial charge in [-0.05, 0) is 42.8 Å². The summed E-state index contributed by atoms with van der Waals surface area (Å²) in [7, 11) is 1.99. The van der Waals surface area contributed by atoms with E-state index in [4.69, 9.17) is 4.42 Å². The maximum atomic E-state index is 13.0. The Labute approximate surface area is 125 Å². The molecule has 2 rings (SSSR count). The molecule has 0 atom stereocenters. The van der Waals surface area contributed by atoms with Gasteiger partial charge in [0.15, 0.2) is 0 Å². The molecule has 0 spiro atoms. The molecule has 0 aliphatic carbocycles. The van der Waals surface area contributed by atoms with E-state index in [1.807, 2.05) is 13.1 Å². The Balaban J connectivity index is 1.96. The molecule has 1 aromatic heterocycles. The van der Waals surface area contributed by atoms with Gasteiger partial charge >= 0.3 is 0 Å². The smallest absolute Gasteiger partial charge is 0.123 e. The lowest BCUT2D eigenvalue weighted by Crippen LogP contribution is -2.21. The fourth-order valence-electron chi connectivity index (χ4n) is 2.18. The number of hydrogen-bond acceptors (Lipinski definition) is 3. The number of hydrogen-bond donors (Lipinski definition) is 1. The lowest BCUT2D eigenvalue weighted by molar-refractivity contribution is 0.460. The highest BCUT2D eigenvalue weighted by Gasteiger charge is 2.10. The van der Waals surface area contributed by atoms with E-state index in [0.29, 0.717) is 5.92 Å². The average Bonchev–Trinajstić information content (AvgIpc) is 2.86. The summed E-state index contributed by atoms with van der Waals surface area (Å²) in [6.07, 6.45) is 1.72. The van der Waals surface area contributed by atoms with Crippen LogP contribution < -0.4 is 10.2 Å². The van der Waals surface area contributed by atoms with Crippen molar-refractivity contribution in [2.75, 3.05) is 18.5 Å². The Morgan fingerprint density at radius 3 is 2.57 bits per heavy atom. The molecule has 21 heavy (non-hydrogen) atoms. The quantitative estimate of drug-likeness (QED) is 0.840. The summed E-state index contributed by atoms with van der Waals surface area (Å²) in [6.45, 7) is 6.79. The molecule has 1 aromatic carbocycles. The minimum absolute atomic E-state index is 0.214. The molecule has 0 radical (unpaired) electrons. The predicted octanol–water partition coefficient (Wildman–Crippen LogP) is 3.80. The van der Waals surface area contributed by atoms with Gasteiger partial charge in [-0.2, -0.15) is 0 Å². The summed E-state index contributed by atoms with van der Waals surface area (Å²) in [4.78, 5) is 2.08. The minimum atomic E-state index is -0.214. The Kier molecular flexibility index (Phi) is 5.39. The lowest BCUT2D eigenvalue weighted by atomic mass is 10.2. The zero-order valence-corrected chi connectivity index (χ0v) is 12.9. The maximum absolute atomic E-state index is 13.0. The van der Waals surface area contributed by atoms with Crippen molar-refractivity contribution in [1.29, 1.82) is 0 Å². The van der Waals surface area contributed by atoms with Crippen LogP contribution in [0.4, 0.5) is 10.1 Å². The van der Waals surface area contributed by atoms with Crippen molar-refractivity contribution in [3.63, 3.8) is 0 Å². The lowest BCUT2D eigenvalue weighted by Gasteiger charge is -2.19. The van der Waals surface area contributed by atoms with Gasteiger partial charge in [0.25, 0.3) is 0 Å². The maximum Gasteiger partial charge on any atom is 0.123 e. The van der Waals surface area contributed by atoms with Crippen molar-refractivity contribution >= 4 is 5.69 Å². The van der Waals surface area contributed by atoms with Gasteiger partial charge in [0.1, 0.15) is 11.6 Å². The van der Waals surface area contributed by atoms with Crippen LogP contribution in [-0.4, -0.2) is 13.6 Å². The molecule has 4 heteroatoms. The Morgan fingerprint density at radius 2 is 1.90 bits per heavy atom. The van der Waals surface area contributed by atoms with Crippen LogP contribution in [0.25, 0.3) is 0 Å². The van der Waals surface area contributed by atoms with Gasteiger partial charge in [-0.25, -0.2) is 4.39 Å². The van der Waals surface area contributed by atoms with Crippen molar-refractivity contribution < 1.29 is 8.81 Å². The highest BCUT2D eigenvalue weighted by molar-refractivity contribution is 5.46. The number of rotatable bonds is 7. The molecule has 114 valence electrons. The van der Waals surface area contributed by atoms with Crippen molar-refractivity contribution in [1.82, 2.24) is 5.32 Å². The fraction of sp³-hybridized carbons (Fsp3) is 0.412. The Bertz CT molecular complexity index is 548. The molecule has 0 aliphatic heterocycles. The van der Waals surface area contributed by atoms with Crippen molar-refractivity contribution in [3.05, 3.63) is 53.7 Å². The van der Waals surface area contributed by atoms with Gasteiger partial charge in [0, 0.05) is 24.8 Å². The molecule has 0 aliphatic rings. The highest BCUT2D eigenvalue weighted by atomic mass is 19.1. The molecule has 0 amide bonds. The largest absolute Gasteiger partial charge is 0.468 e. The summed E-state index contributed by atoms with van der Waals surface area (Å²) in [5.74, 6) is 1.36. The second-order valence-electron chi connectivity index (χ2n) is 5.73. The highest BCUT2D eigenvalue weighted by Crippen LogP contribution is 2.18. The number of halogens is 1. The molecular formula is C17H23FN2O. The molecule has 2 aromatic rings. The normalized spacial score (nSPS) is 11.1. The van der Waals surface area contributed by atoms with E-state index >= 15 is 0 Å².